The van der Waals surface area contributed by atoms with Gasteiger partial charge in [-0.25, -0.2) is 0 Å². The Bertz CT molecular complexity index is 904. The molecule has 1 aromatic heterocycles. The highest BCUT2D eigenvalue weighted by molar-refractivity contribution is 6.00. The molecule has 1 fully saturated rings. The van der Waals surface area contributed by atoms with E-state index < -0.39 is 5.60 Å². The van der Waals surface area contributed by atoms with E-state index in [0.29, 0.717) is 43.5 Å². The van der Waals surface area contributed by atoms with E-state index in [2.05, 4.69) is 10.2 Å². The van der Waals surface area contributed by atoms with Crippen LogP contribution in [0.4, 0.5) is 0 Å². The summed E-state index contributed by atoms with van der Waals surface area (Å²) in [5.74, 6) is 0.980. The fourth-order valence-electron chi connectivity index (χ4n) is 4.30. The standard InChI is InChI=1S/C22H27N3O3/c1-15-16(2)23-24-18(15)8-9-21(27)25-12-5-10-22(11-13-25)14-19(26)17-6-3-4-7-20(17)28-22/h3-4,6-7H,5,8-14H2,1-2H3,(H,23,24). The highest BCUT2D eigenvalue weighted by Gasteiger charge is 2.41. The van der Waals surface area contributed by atoms with Crippen LogP contribution >= 0.6 is 0 Å². The molecule has 0 aliphatic carbocycles. The molecule has 28 heavy (non-hydrogen) atoms. The minimum absolute atomic E-state index is 0.144. The third-order valence-electron chi connectivity index (χ3n) is 6.18. The maximum absolute atomic E-state index is 12.8. The summed E-state index contributed by atoms with van der Waals surface area (Å²) in [4.78, 5) is 27.3. The Morgan fingerprint density at radius 1 is 1.25 bits per heavy atom. The van der Waals surface area contributed by atoms with Gasteiger partial charge in [-0.3, -0.25) is 14.7 Å². The lowest BCUT2D eigenvalue weighted by Gasteiger charge is -2.37. The first-order valence-corrected chi connectivity index (χ1v) is 10.1. The molecule has 1 N–H and O–H groups in total. The lowest BCUT2D eigenvalue weighted by Crippen LogP contribution is -2.43. The van der Waals surface area contributed by atoms with Crippen LogP contribution in [0.2, 0.25) is 0 Å². The minimum Gasteiger partial charge on any atom is -0.486 e. The second-order valence-electron chi connectivity index (χ2n) is 8.04. The van der Waals surface area contributed by atoms with Crippen LogP contribution in [-0.2, 0) is 11.2 Å². The van der Waals surface area contributed by atoms with Gasteiger partial charge in [0.25, 0.3) is 0 Å². The quantitative estimate of drug-likeness (QED) is 0.884. The van der Waals surface area contributed by atoms with E-state index >= 15 is 0 Å². The lowest BCUT2D eigenvalue weighted by molar-refractivity contribution is -0.131. The normalized spacial score (nSPS) is 21.9. The van der Waals surface area contributed by atoms with E-state index in [-0.39, 0.29) is 11.7 Å². The average Bonchev–Trinajstić information content (AvgIpc) is 2.88. The molecule has 2 aliphatic heterocycles. The van der Waals surface area contributed by atoms with E-state index in [0.717, 1.165) is 36.3 Å². The number of nitrogens with one attached hydrogen (secondary N) is 1. The summed E-state index contributed by atoms with van der Waals surface area (Å²) in [6.45, 7) is 5.38. The molecule has 4 rings (SSSR count). The number of ether oxygens (including phenoxy) is 1. The molecule has 2 aliphatic rings. The second-order valence-corrected chi connectivity index (χ2v) is 8.04. The van der Waals surface area contributed by atoms with Gasteiger partial charge in [0.2, 0.25) is 5.91 Å². The number of carbonyl (C=O) groups is 2. The zero-order valence-electron chi connectivity index (χ0n) is 16.6. The molecular weight excluding hydrogens is 354 g/mol. The van der Waals surface area contributed by atoms with Crippen LogP contribution in [0.5, 0.6) is 5.75 Å². The van der Waals surface area contributed by atoms with E-state index in [9.17, 15) is 9.59 Å². The first-order valence-electron chi connectivity index (χ1n) is 10.1. The zero-order valence-corrected chi connectivity index (χ0v) is 16.6. The molecule has 1 aromatic carbocycles. The number of carbonyl (C=O) groups excluding carboxylic acids is 2. The first kappa shape index (κ1) is 18.7. The van der Waals surface area contributed by atoms with Gasteiger partial charge in [0.05, 0.1) is 17.7 Å². The number of aromatic amines is 1. The Labute approximate surface area is 165 Å². The van der Waals surface area contributed by atoms with Gasteiger partial charge in [-0.05, 0) is 44.4 Å². The predicted octanol–water partition coefficient (Wildman–Crippen LogP) is 3.38. The van der Waals surface area contributed by atoms with Gasteiger partial charge in [-0.2, -0.15) is 5.10 Å². The third-order valence-corrected chi connectivity index (χ3v) is 6.18. The van der Waals surface area contributed by atoms with E-state index in [1.165, 1.54) is 0 Å². The smallest absolute Gasteiger partial charge is 0.222 e. The van der Waals surface area contributed by atoms with E-state index in [1.54, 1.807) is 0 Å². The van der Waals surface area contributed by atoms with Crippen molar-refractivity contribution >= 4 is 11.7 Å². The van der Waals surface area contributed by atoms with Crippen LogP contribution in [0.25, 0.3) is 0 Å². The van der Waals surface area contributed by atoms with Crippen molar-refractivity contribution in [1.29, 1.82) is 0 Å². The van der Waals surface area contributed by atoms with Gasteiger partial charge < -0.3 is 9.64 Å². The predicted molar refractivity (Wildman–Crippen MR) is 106 cm³/mol. The fraction of sp³-hybridized carbons (Fsp3) is 0.500. The van der Waals surface area contributed by atoms with Crippen LogP contribution < -0.4 is 4.74 Å². The zero-order chi connectivity index (χ0) is 19.7. The second kappa shape index (κ2) is 7.41. The molecule has 2 aromatic rings. The van der Waals surface area contributed by atoms with Crippen molar-refractivity contribution in [3.8, 4) is 5.75 Å². The third kappa shape index (κ3) is 3.55. The van der Waals surface area contributed by atoms with Crippen LogP contribution in [0.15, 0.2) is 24.3 Å². The maximum Gasteiger partial charge on any atom is 0.222 e. The Morgan fingerprint density at radius 3 is 2.86 bits per heavy atom. The number of rotatable bonds is 3. The van der Waals surface area contributed by atoms with Gasteiger partial charge in [-0.1, -0.05) is 12.1 Å². The van der Waals surface area contributed by atoms with Gasteiger partial charge in [0.15, 0.2) is 5.78 Å². The largest absolute Gasteiger partial charge is 0.486 e. The number of nitrogens with zero attached hydrogens (tertiary/aromatic N) is 2. The SMILES string of the molecule is Cc1[nH]nc(CCC(=O)N2CCCC3(CC2)CC(=O)c2ccccc2O3)c1C. The monoisotopic (exact) mass is 381 g/mol. The number of Topliss-reactive ketones (excluding diaryl/α,β-unsaturated/α-hetero) is 1. The van der Waals surface area contributed by atoms with Crippen molar-refractivity contribution in [2.45, 2.75) is 58.0 Å². The summed E-state index contributed by atoms with van der Waals surface area (Å²) in [6.07, 6.45) is 3.85. The number of para-hydroxylation sites is 1. The van der Waals surface area contributed by atoms with Gasteiger partial charge >= 0.3 is 0 Å². The molecule has 148 valence electrons. The highest BCUT2D eigenvalue weighted by Crippen LogP contribution is 2.39. The first-order chi connectivity index (χ1) is 13.5. The molecule has 6 nitrogen and oxygen atoms in total. The molecule has 0 saturated carbocycles. The summed E-state index contributed by atoms with van der Waals surface area (Å²) in [7, 11) is 0. The van der Waals surface area contributed by atoms with Crippen molar-refractivity contribution in [3.63, 3.8) is 0 Å². The molecule has 1 unspecified atom stereocenters. The number of benzene rings is 1. The summed E-state index contributed by atoms with van der Waals surface area (Å²) < 4.78 is 6.31. The molecule has 1 saturated heterocycles. The van der Waals surface area contributed by atoms with Crippen molar-refractivity contribution in [3.05, 3.63) is 46.8 Å². The van der Waals surface area contributed by atoms with Crippen LogP contribution in [0, 0.1) is 13.8 Å². The van der Waals surface area contributed by atoms with Crippen molar-refractivity contribution in [1.82, 2.24) is 15.1 Å². The topological polar surface area (TPSA) is 75.3 Å². The molecule has 1 amide bonds. The van der Waals surface area contributed by atoms with Crippen molar-refractivity contribution in [2.75, 3.05) is 13.1 Å². The van der Waals surface area contributed by atoms with Crippen molar-refractivity contribution < 1.29 is 14.3 Å². The highest BCUT2D eigenvalue weighted by atomic mass is 16.5. The fourth-order valence-corrected chi connectivity index (χ4v) is 4.30. The summed E-state index contributed by atoms with van der Waals surface area (Å²) in [5, 5.41) is 7.27. The number of H-pyrrole nitrogens is 1. The Hall–Kier alpha value is -2.63. The number of ketones is 1. The molecule has 0 bridgehead atoms. The summed E-state index contributed by atoms with van der Waals surface area (Å²) >= 11 is 0. The molecule has 1 spiro atoms. The Kier molecular flexibility index (Phi) is 4.96. The number of hydrogen-bond acceptors (Lipinski definition) is 4. The molecular formula is C22H27N3O3. The lowest BCUT2D eigenvalue weighted by atomic mass is 9.84. The van der Waals surface area contributed by atoms with Crippen LogP contribution in [0.1, 0.15) is 59.4 Å². The Morgan fingerprint density at radius 2 is 2.07 bits per heavy atom. The van der Waals surface area contributed by atoms with Crippen LogP contribution in [-0.4, -0.2) is 45.5 Å². The molecule has 3 heterocycles. The van der Waals surface area contributed by atoms with Crippen LogP contribution in [0.3, 0.4) is 0 Å². The number of fused-ring (bicyclic) bond motifs is 1. The van der Waals surface area contributed by atoms with Gasteiger partial charge in [0.1, 0.15) is 11.4 Å². The number of likely N-dealkylation sites (tertiary alicyclic amines) is 1. The van der Waals surface area contributed by atoms with Crippen molar-refractivity contribution in [2.24, 2.45) is 0 Å². The summed E-state index contributed by atoms with van der Waals surface area (Å²) in [6, 6.07) is 7.47. The minimum atomic E-state index is -0.476. The number of amides is 1. The van der Waals surface area contributed by atoms with E-state index in [4.69, 9.17) is 4.74 Å². The number of hydrogen-bond donors (Lipinski definition) is 1. The maximum atomic E-state index is 12.8. The van der Waals surface area contributed by atoms with Gasteiger partial charge in [-0.15, -0.1) is 0 Å². The Balaban J connectivity index is 1.39. The summed E-state index contributed by atoms with van der Waals surface area (Å²) in [5.41, 5.74) is 3.36. The van der Waals surface area contributed by atoms with Gasteiger partial charge in [0, 0.05) is 38.0 Å². The molecule has 0 radical (unpaired) electrons. The average molecular weight is 381 g/mol. The number of aromatic nitrogens is 2. The molecule has 6 heteroatoms. The molecule has 1 atom stereocenters. The van der Waals surface area contributed by atoms with E-state index in [1.807, 2.05) is 43.0 Å². The number of aryl methyl sites for hydroxylation is 2.